The number of amides is 1. The first-order chi connectivity index (χ1) is 16.9. The largest absolute Gasteiger partial charge is 0.497 e. The quantitative estimate of drug-likeness (QED) is 0.459. The Morgan fingerprint density at radius 2 is 1.97 bits per heavy atom. The molecule has 0 saturated carbocycles. The molecule has 10 nitrogen and oxygen atoms in total. The van der Waals surface area contributed by atoms with Gasteiger partial charge in [-0.25, -0.2) is 14.6 Å². The van der Waals surface area contributed by atoms with Gasteiger partial charge in [-0.2, -0.15) is 0 Å². The molecule has 0 aliphatic carbocycles. The maximum absolute atomic E-state index is 13.0. The van der Waals surface area contributed by atoms with Crippen LogP contribution in [0.1, 0.15) is 51.8 Å². The monoisotopic (exact) mass is 500 g/mol. The van der Waals surface area contributed by atoms with Crippen LogP contribution < -0.4 is 9.47 Å². The zero-order valence-electron chi connectivity index (χ0n) is 21.5. The van der Waals surface area contributed by atoms with Gasteiger partial charge in [-0.05, 0) is 51.8 Å². The van der Waals surface area contributed by atoms with Crippen LogP contribution in [0, 0.1) is 0 Å². The molecule has 0 bridgehead atoms. The van der Waals surface area contributed by atoms with E-state index in [1.54, 1.807) is 27.9 Å². The summed E-state index contributed by atoms with van der Waals surface area (Å²) in [4.78, 5) is 43.3. The Labute approximate surface area is 209 Å². The summed E-state index contributed by atoms with van der Waals surface area (Å²) in [5.41, 5.74) is 0.527. The molecule has 1 amide bonds. The Balaban J connectivity index is 1.74. The molecule has 10 heteroatoms. The lowest BCUT2D eigenvalue weighted by Crippen LogP contribution is -2.46. The summed E-state index contributed by atoms with van der Waals surface area (Å²) < 4.78 is 27.8. The van der Waals surface area contributed by atoms with Crippen molar-refractivity contribution < 1.29 is 38.1 Å². The van der Waals surface area contributed by atoms with Crippen molar-refractivity contribution in [3.05, 3.63) is 29.5 Å². The first kappa shape index (κ1) is 25.5. The molecule has 4 rings (SSSR count). The van der Waals surface area contributed by atoms with Crippen molar-refractivity contribution >= 4 is 28.9 Å². The number of aromatic nitrogens is 1. The Morgan fingerprint density at radius 1 is 1.22 bits per heavy atom. The lowest BCUT2D eigenvalue weighted by atomic mass is 9.87. The van der Waals surface area contributed by atoms with Gasteiger partial charge in [0.25, 0.3) is 0 Å². The molecular formula is C26H32N2O8. The molecule has 36 heavy (non-hydrogen) atoms. The Morgan fingerprint density at radius 3 is 2.61 bits per heavy atom. The summed E-state index contributed by atoms with van der Waals surface area (Å²) in [7, 11) is 2.89. The number of hydrogen-bond donors (Lipinski definition) is 0. The van der Waals surface area contributed by atoms with Crippen LogP contribution >= 0.6 is 0 Å². The number of nitrogens with zero attached hydrogens (tertiary/aromatic N) is 2. The lowest BCUT2D eigenvalue weighted by molar-refractivity contribution is -0.146. The molecule has 1 saturated heterocycles. The molecule has 194 valence electrons. The van der Waals surface area contributed by atoms with Crippen molar-refractivity contribution in [2.24, 2.45) is 0 Å². The van der Waals surface area contributed by atoms with E-state index in [-0.39, 0.29) is 19.6 Å². The molecule has 1 aromatic heterocycles. The predicted molar refractivity (Wildman–Crippen MR) is 129 cm³/mol. The second-order valence-corrected chi connectivity index (χ2v) is 10.2. The van der Waals surface area contributed by atoms with Crippen LogP contribution in [-0.4, -0.2) is 65.9 Å². The number of methoxy groups -OCH3 is 2. The molecule has 1 aromatic carbocycles. The summed E-state index contributed by atoms with van der Waals surface area (Å²) in [6.45, 7) is 6.71. The van der Waals surface area contributed by atoms with Crippen LogP contribution in [0.2, 0.25) is 0 Å². The lowest BCUT2D eigenvalue weighted by Gasteiger charge is -2.36. The third kappa shape index (κ3) is 5.03. The van der Waals surface area contributed by atoms with Crippen LogP contribution in [0.5, 0.6) is 11.5 Å². The van der Waals surface area contributed by atoms with Crippen molar-refractivity contribution in [1.82, 2.24) is 9.88 Å². The predicted octanol–water partition coefficient (Wildman–Crippen LogP) is 3.55. The van der Waals surface area contributed by atoms with Gasteiger partial charge in [0.05, 0.1) is 26.3 Å². The molecule has 2 aromatic rings. The van der Waals surface area contributed by atoms with E-state index in [1.807, 2.05) is 18.2 Å². The van der Waals surface area contributed by atoms with E-state index >= 15 is 0 Å². The van der Waals surface area contributed by atoms with Crippen LogP contribution in [-0.2, 0) is 36.8 Å². The van der Waals surface area contributed by atoms with E-state index in [0.29, 0.717) is 30.0 Å². The maximum Gasteiger partial charge on any atom is 0.411 e. The van der Waals surface area contributed by atoms with Crippen LogP contribution in [0.3, 0.4) is 0 Å². The van der Waals surface area contributed by atoms with E-state index < -0.39 is 35.3 Å². The highest BCUT2D eigenvalue weighted by Crippen LogP contribution is 2.45. The normalized spacial score (nSPS) is 21.1. The van der Waals surface area contributed by atoms with Gasteiger partial charge < -0.3 is 23.7 Å². The summed E-state index contributed by atoms with van der Waals surface area (Å²) in [6, 6.07) is 4.72. The zero-order chi connectivity index (χ0) is 26.3. The van der Waals surface area contributed by atoms with Crippen LogP contribution in [0.25, 0.3) is 10.9 Å². The van der Waals surface area contributed by atoms with Gasteiger partial charge >= 0.3 is 18.0 Å². The number of fused-ring (bicyclic) bond motifs is 3. The van der Waals surface area contributed by atoms with Crippen LogP contribution in [0.4, 0.5) is 4.79 Å². The second-order valence-electron chi connectivity index (χ2n) is 10.2. The molecule has 2 aliphatic heterocycles. The standard InChI is InChI=1S/C26H32N2O8/c1-15(29)34-13-20-22-17(18-11-16(32-5)7-8-19(18)27-20)9-10-26(35-22)12-21(23(30)33-6)28(14-26)24(31)36-25(2,3)4/h7-8,11,21H,9-10,12-14H2,1-6H3/t21-,26?/m0/s1. The topological polar surface area (TPSA) is 113 Å². The number of pyridine rings is 1. The summed E-state index contributed by atoms with van der Waals surface area (Å²) in [6.07, 6.45) is 0.785. The van der Waals surface area contributed by atoms with Gasteiger partial charge in [-0.1, -0.05) is 0 Å². The highest BCUT2D eigenvalue weighted by molar-refractivity contribution is 5.87. The number of esters is 2. The molecule has 0 N–H and O–H groups in total. The zero-order valence-corrected chi connectivity index (χ0v) is 21.5. The van der Waals surface area contributed by atoms with Gasteiger partial charge in [0.1, 0.15) is 41.0 Å². The molecule has 1 fully saturated rings. The van der Waals surface area contributed by atoms with Gasteiger partial charge in [0.2, 0.25) is 0 Å². The third-order valence-corrected chi connectivity index (χ3v) is 6.38. The first-order valence-corrected chi connectivity index (χ1v) is 11.8. The molecule has 1 spiro atoms. The second kappa shape index (κ2) is 9.48. The fourth-order valence-corrected chi connectivity index (χ4v) is 4.79. The number of ether oxygens (including phenoxy) is 5. The van der Waals surface area contributed by atoms with E-state index in [0.717, 1.165) is 16.5 Å². The molecular weight excluding hydrogens is 468 g/mol. The smallest absolute Gasteiger partial charge is 0.411 e. The molecule has 3 heterocycles. The minimum atomic E-state index is -0.859. The Hall–Kier alpha value is -3.56. The van der Waals surface area contributed by atoms with Crippen molar-refractivity contribution in [3.8, 4) is 11.5 Å². The van der Waals surface area contributed by atoms with E-state index in [4.69, 9.17) is 28.7 Å². The minimum absolute atomic E-state index is 0.0636. The molecule has 2 atom stereocenters. The van der Waals surface area contributed by atoms with Crippen molar-refractivity contribution in [1.29, 1.82) is 0 Å². The number of carbonyl (C=O) groups excluding carboxylic acids is 3. The third-order valence-electron chi connectivity index (χ3n) is 6.38. The highest BCUT2D eigenvalue weighted by Gasteiger charge is 2.53. The van der Waals surface area contributed by atoms with E-state index in [1.165, 1.54) is 18.9 Å². The van der Waals surface area contributed by atoms with Gasteiger partial charge in [0, 0.05) is 24.3 Å². The Kier molecular flexibility index (Phi) is 6.72. The fraction of sp³-hybridized carbons (Fsp3) is 0.538. The summed E-state index contributed by atoms with van der Waals surface area (Å²) >= 11 is 0. The SMILES string of the molecule is COC(=O)[C@@H]1CC2(CCc3c(c(COC(C)=O)nc4ccc(OC)cc34)O2)CN1C(=O)OC(C)(C)C. The number of benzene rings is 1. The summed E-state index contributed by atoms with van der Waals surface area (Å²) in [5.74, 6) is 0.211. The van der Waals surface area contributed by atoms with Crippen LogP contribution in [0.15, 0.2) is 18.2 Å². The van der Waals surface area contributed by atoms with Crippen molar-refractivity contribution in [3.63, 3.8) is 0 Å². The average Bonchev–Trinajstić information content (AvgIpc) is 3.19. The van der Waals surface area contributed by atoms with Gasteiger partial charge in [-0.3, -0.25) is 9.69 Å². The molecule has 2 aliphatic rings. The van der Waals surface area contributed by atoms with E-state index in [2.05, 4.69) is 0 Å². The number of carbonyl (C=O) groups is 3. The maximum atomic E-state index is 13.0. The number of likely N-dealkylation sites (tertiary alicyclic amines) is 1. The van der Waals surface area contributed by atoms with Crippen molar-refractivity contribution in [2.45, 2.75) is 70.8 Å². The van der Waals surface area contributed by atoms with Crippen molar-refractivity contribution in [2.75, 3.05) is 20.8 Å². The summed E-state index contributed by atoms with van der Waals surface area (Å²) in [5, 5.41) is 0.872. The average molecular weight is 501 g/mol. The molecule has 0 radical (unpaired) electrons. The fourth-order valence-electron chi connectivity index (χ4n) is 4.79. The number of aryl methyl sites for hydroxylation is 1. The van der Waals surface area contributed by atoms with Gasteiger partial charge in [0.15, 0.2) is 0 Å². The number of hydrogen-bond acceptors (Lipinski definition) is 9. The number of rotatable bonds is 4. The molecule has 1 unspecified atom stereocenters. The highest BCUT2D eigenvalue weighted by atomic mass is 16.6. The Bertz CT molecular complexity index is 1200. The van der Waals surface area contributed by atoms with Gasteiger partial charge in [-0.15, -0.1) is 0 Å². The van der Waals surface area contributed by atoms with E-state index in [9.17, 15) is 14.4 Å². The first-order valence-electron chi connectivity index (χ1n) is 11.8. The minimum Gasteiger partial charge on any atom is -0.497 e.